The number of aromatic nitrogens is 1. The number of pyridine rings is 1. The second-order valence-corrected chi connectivity index (χ2v) is 6.53. The van der Waals surface area contributed by atoms with Gasteiger partial charge in [0.05, 0.1) is 18.7 Å². The molecule has 2 heterocycles. The summed E-state index contributed by atoms with van der Waals surface area (Å²) in [7, 11) is 1.64. The van der Waals surface area contributed by atoms with Gasteiger partial charge in [0, 0.05) is 31.6 Å². The highest BCUT2D eigenvalue weighted by Gasteiger charge is 2.36. The van der Waals surface area contributed by atoms with Crippen molar-refractivity contribution in [2.45, 2.75) is 25.8 Å². The Morgan fingerprint density at radius 3 is 2.62 bits per heavy atom. The van der Waals surface area contributed by atoms with Crippen LogP contribution in [0, 0.1) is 18.3 Å². The molecule has 2 aromatic rings. The molecule has 0 unspecified atom stereocenters. The van der Waals surface area contributed by atoms with Crippen LogP contribution >= 0.6 is 0 Å². The van der Waals surface area contributed by atoms with E-state index < -0.39 is 0 Å². The highest BCUT2D eigenvalue weighted by atomic mass is 16.5. The second kappa shape index (κ2) is 7.44. The second-order valence-electron chi connectivity index (χ2n) is 6.53. The van der Waals surface area contributed by atoms with E-state index in [1.165, 1.54) is 6.92 Å². The molecule has 1 aromatic carbocycles. The molecule has 1 aliphatic heterocycles. The van der Waals surface area contributed by atoms with Crippen LogP contribution in [0.3, 0.4) is 0 Å². The number of carbonyl (C=O) groups excluding carboxylic acids is 1. The number of nitrogens with zero attached hydrogens (tertiary/aromatic N) is 3. The van der Waals surface area contributed by atoms with Crippen molar-refractivity contribution in [2.75, 3.05) is 25.1 Å². The van der Waals surface area contributed by atoms with Gasteiger partial charge in [-0.05, 0) is 36.8 Å². The maximum Gasteiger partial charge on any atom is 0.217 e. The van der Waals surface area contributed by atoms with Crippen LogP contribution in [0.15, 0.2) is 36.4 Å². The van der Waals surface area contributed by atoms with Crippen molar-refractivity contribution in [3.8, 4) is 11.8 Å². The summed E-state index contributed by atoms with van der Waals surface area (Å²) in [5.74, 6) is 1.53. The van der Waals surface area contributed by atoms with Gasteiger partial charge in [0.2, 0.25) is 5.91 Å². The largest absolute Gasteiger partial charge is 0.497 e. The predicted octanol–water partition coefficient (Wildman–Crippen LogP) is 2.38. The standard InChI is InChI=1S/C20H22N4O2/c1-13-4-5-16(10-21)20(22-13)24-11-18(19(12-24)23-14(2)25)15-6-8-17(26-3)9-7-15/h4-9,18-19H,11-12H2,1-3H3,(H,23,25)/t18-,19+/m1/s1. The number of nitriles is 1. The quantitative estimate of drug-likeness (QED) is 0.916. The zero-order valence-corrected chi connectivity index (χ0v) is 15.2. The maximum atomic E-state index is 11.7. The molecule has 6 heteroatoms. The molecule has 0 aliphatic carbocycles. The number of nitrogens with one attached hydrogen (secondary N) is 1. The van der Waals surface area contributed by atoms with Crippen molar-refractivity contribution in [3.05, 3.63) is 53.2 Å². The molecule has 2 atom stereocenters. The summed E-state index contributed by atoms with van der Waals surface area (Å²) in [5, 5.41) is 12.5. The summed E-state index contributed by atoms with van der Waals surface area (Å²) in [5.41, 5.74) is 2.54. The number of rotatable bonds is 4. The molecule has 1 aromatic heterocycles. The van der Waals surface area contributed by atoms with Crippen LogP contribution < -0.4 is 15.0 Å². The van der Waals surface area contributed by atoms with Gasteiger partial charge in [0.15, 0.2) is 0 Å². The Morgan fingerprint density at radius 1 is 1.27 bits per heavy atom. The molecule has 1 fully saturated rings. The van der Waals surface area contributed by atoms with Crippen molar-refractivity contribution < 1.29 is 9.53 Å². The van der Waals surface area contributed by atoms with Gasteiger partial charge >= 0.3 is 0 Å². The van der Waals surface area contributed by atoms with Crippen LogP contribution in [0.5, 0.6) is 5.75 Å². The fraction of sp³-hybridized carbons (Fsp3) is 0.350. The van der Waals surface area contributed by atoms with Gasteiger partial charge in [-0.2, -0.15) is 5.26 Å². The Morgan fingerprint density at radius 2 is 2.00 bits per heavy atom. The van der Waals surface area contributed by atoms with E-state index in [-0.39, 0.29) is 17.9 Å². The van der Waals surface area contributed by atoms with E-state index in [4.69, 9.17) is 4.74 Å². The Balaban J connectivity index is 1.93. The lowest BCUT2D eigenvalue weighted by atomic mass is 9.94. The number of carbonyl (C=O) groups is 1. The number of benzene rings is 1. The third kappa shape index (κ3) is 3.62. The number of hydrogen-bond donors (Lipinski definition) is 1. The average Bonchev–Trinajstić information content (AvgIpc) is 3.04. The lowest BCUT2D eigenvalue weighted by Crippen LogP contribution is -2.38. The molecule has 0 bridgehead atoms. The van der Waals surface area contributed by atoms with Gasteiger partial charge in [0.25, 0.3) is 0 Å². The number of anilines is 1. The monoisotopic (exact) mass is 350 g/mol. The highest BCUT2D eigenvalue weighted by molar-refractivity contribution is 5.73. The first-order valence-electron chi connectivity index (χ1n) is 8.55. The van der Waals surface area contributed by atoms with E-state index in [2.05, 4.69) is 21.3 Å². The van der Waals surface area contributed by atoms with Crippen molar-refractivity contribution in [1.82, 2.24) is 10.3 Å². The molecular weight excluding hydrogens is 328 g/mol. The smallest absolute Gasteiger partial charge is 0.217 e. The third-order valence-corrected chi connectivity index (χ3v) is 4.69. The summed E-state index contributed by atoms with van der Waals surface area (Å²) >= 11 is 0. The predicted molar refractivity (Wildman–Crippen MR) is 99.2 cm³/mol. The molecule has 6 nitrogen and oxygen atoms in total. The number of ether oxygens (including phenoxy) is 1. The van der Waals surface area contributed by atoms with Crippen molar-refractivity contribution in [1.29, 1.82) is 5.26 Å². The van der Waals surface area contributed by atoms with Gasteiger partial charge in [-0.1, -0.05) is 12.1 Å². The van der Waals surface area contributed by atoms with Crippen LogP contribution in [-0.2, 0) is 4.79 Å². The van der Waals surface area contributed by atoms with Crippen LogP contribution in [0.25, 0.3) is 0 Å². The van der Waals surface area contributed by atoms with Crippen molar-refractivity contribution >= 4 is 11.7 Å². The van der Waals surface area contributed by atoms with Gasteiger partial charge in [-0.3, -0.25) is 4.79 Å². The molecule has 26 heavy (non-hydrogen) atoms. The molecule has 0 radical (unpaired) electrons. The first-order chi connectivity index (χ1) is 12.5. The summed E-state index contributed by atoms with van der Waals surface area (Å²) in [6.45, 7) is 4.73. The van der Waals surface area contributed by atoms with E-state index >= 15 is 0 Å². The van der Waals surface area contributed by atoms with Gasteiger partial charge in [-0.15, -0.1) is 0 Å². The molecule has 1 amide bonds. The first kappa shape index (κ1) is 17.7. The molecule has 134 valence electrons. The Kier molecular flexibility index (Phi) is 5.08. The molecule has 1 N–H and O–H groups in total. The molecular formula is C20H22N4O2. The van der Waals surface area contributed by atoms with Crippen LogP contribution in [0.4, 0.5) is 5.82 Å². The number of hydrogen-bond acceptors (Lipinski definition) is 5. The van der Waals surface area contributed by atoms with Crippen molar-refractivity contribution in [2.24, 2.45) is 0 Å². The summed E-state index contributed by atoms with van der Waals surface area (Å²) in [6.07, 6.45) is 0. The molecule has 1 saturated heterocycles. The zero-order valence-electron chi connectivity index (χ0n) is 15.2. The normalized spacial score (nSPS) is 19.1. The molecule has 1 aliphatic rings. The number of amides is 1. The van der Waals surface area contributed by atoms with Crippen LogP contribution in [-0.4, -0.2) is 37.1 Å². The maximum absolute atomic E-state index is 11.7. The van der Waals surface area contributed by atoms with Crippen LogP contribution in [0.2, 0.25) is 0 Å². The lowest BCUT2D eigenvalue weighted by Gasteiger charge is -2.19. The Labute approximate surface area is 153 Å². The average molecular weight is 350 g/mol. The first-order valence-corrected chi connectivity index (χ1v) is 8.55. The van der Waals surface area contributed by atoms with E-state index in [9.17, 15) is 10.1 Å². The highest BCUT2D eigenvalue weighted by Crippen LogP contribution is 2.32. The summed E-state index contributed by atoms with van der Waals surface area (Å²) < 4.78 is 5.23. The number of methoxy groups -OCH3 is 1. The fourth-order valence-electron chi connectivity index (χ4n) is 3.44. The Hall–Kier alpha value is -3.07. The molecule has 0 spiro atoms. The Bertz CT molecular complexity index is 842. The van der Waals surface area contributed by atoms with Gasteiger partial charge in [-0.25, -0.2) is 4.98 Å². The lowest BCUT2D eigenvalue weighted by molar-refractivity contribution is -0.119. The minimum Gasteiger partial charge on any atom is -0.497 e. The minimum absolute atomic E-state index is 0.0465. The topological polar surface area (TPSA) is 78.2 Å². The minimum atomic E-state index is -0.0620. The van der Waals surface area contributed by atoms with Gasteiger partial charge < -0.3 is 15.0 Å². The van der Waals surface area contributed by atoms with Crippen LogP contribution in [0.1, 0.15) is 29.7 Å². The van der Waals surface area contributed by atoms with E-state index in [0.717, 1.165) is 17.0 Å². The molecule has 3 rings (SSSR count). The summed E-state index contributed by atoms with van der Waals surface area (Å²) in [6, 6.07) is 13.7. The van der Waals surface area contributed by atoms with E-state index in [1.807, 2.05) is 37.3 Å². The number of aryl methyl sites for hydroxylation is 1. The SMILES string of the molecule is COc1ccc([C@H]2CN(c3nc(C)ccc3C#N)C[C@@H]2NC(C)=O)cc1. The molecule has 0 saturated carbocycles. The summed E-state index contributed by atoms with van der Waals surface area (Å²) in [4.78, 5) is 18.3. The van der Waals surface area contributed by atoms with E-state index in [1.54, 1.807) is 13.2 Å². The van der Waals surface area contributed by atoms with E-state index in [0.29, 0.717) is 24.5 Å². The third-order valence-electron chi connectivity index (χ3n) is 4.69. The zero-order chi connectivity index (χ0) is 18.7. The van der Waals surface area contributed by atoms with Crippen molar-refractivity contribution in [3.63, 3.8) is 0 Å². The fourth-order valence-corrected chi connectivity index (χ4v) is 3.44. The van der Waals surface area contributed by atoms with Gasteiger partial charge in [0.1, 0.15) is 17.6 Å².